The summed E-state index contributed by atoms with van der Waals surface area (Å²) in [7, 11) is 1.01. The molecular formula is C6H15B2O4P. The molecule has 1 heterocycles. The van der Waals surface area contributed by atoms with Gasteiger partial charge in [-0.3, -0.25) is 0 Å². The van der Waals surface area contributed by atoms with Crippen LogP contribution in [0, 0.1) is 0 Å². The van der Waals surface area contributed by atoms with Crippen LogP contribution in [0.25, 0.3) is 0 Å². The van der Waals surface area contributed by atoms with E-state index in [4.69, 9.17) is 14.4 Å². The van der Waals surface area contributed by atoms with Crippen LogP contribution in [-0.4, -0.2) is 52.0 Å². The fraction of sp³-hybridized carbons (Fsp3) is 1.00. The van der Waals surface area contributed by atoms with Crippen molar-refractivity contribution in [1.29, 1.82) is 0 Å². The maximum Gasteiger partial charge on any atom is 0.216 e. The van der Waals surface area contributed by atoms with E-state index in [1.165, 1.54) is 0 Å². The number of aliphatic hydroxyl groups excluding tert-OH is 1. The summed E-state index contributed by atoms with van der Waals surface area (Å²) < 4.78 is 22.1. The smallest absolute Gasteiger partial charge is 0.216 e. The molecule has 0 bridgehead atoms. The minimum atomic E-state index is -2.48. The first-order chi connectivity index (χ1) is 5.92. The van der Waals surface area contributed by atoms with Gasteiger partial charge in [-0.25, -0.2) is 0 Å². The normalized spacial score (nSPS) is 38.8. The Balaban J connectivity index is 2.54. The Labute approximate surface area is 80.2 Å². The number of aliphatic hydroxyl groups is 1. The Hall–Kier alpha value is 0.240. The summed E-state index contributed by atoms with van der Waals surface area (Å²) in [5.74, 6) is 0. The summed E-state index contributed by atoms with van der Waals surface area (Å²) in [6.45, 7) is 1.50. The molecule has 1 aliphatic rings. The molecule has 1 fully saturated rings. The third kappa shape index (κ3) is 3.47. The average molecular weight is 204 g/mol. The second-order valence-corrected chi connectivity index (χ2v) is 6.51. The molecule has 0 amide bonds. The van der Waals surface area contributed by atoms with Gasteiger partial charge >= 0.3 is 0 Å². The maximum absolute atomic E-state index is 11.4. The third-order valence-electron chi connectivity index (χ3n) is 1.96. The maximum atomic E-state index is 11.4. The Morgan fingerprint density at radius 3 is 2.85 bits per heavy atom. The average Bonchev–Trinajstić information content (AvgIpc) is 2.27. The summed E-state index contributed by atoms with van der Waals surface area (Å²) in [6.07, 6.45) is 0.167. The van der Waals surface area contributed by atoms with Crippen LogP contribution in [0.2, 0.25) is 0 Å². The molecule has 0 radical (unpaired) electrons. The lowest BCUT2D eigenvalue weighted by atomic mass is 9.96. The molecule has 0 aromatic heterocycles. The van der Waals surface area contributed by atoms with E-state index in [1.54, 1.807) is 14.2 Å². The molecule has 7 heteroatoms. The topological polar surface area (TPSA) is 55.8 Å². The minimum absolute atomic E-state index is 0.0744. The SMILES string of the molecule is B[C@H]1C[C@@H](OP(B)(C)=O)C(CO)O1. The van der Waals surface area contributed by atoms with E-state index >= 15 is 0 Å². The van der Waals surface area contributed by atoms with Crippen molar-refractivity contribution in [1.82, 2.24) is 0 Å². The molecule has 1 saturated heterocycles. The van der Waals surface area contributed by atoms with Gasteiger partial charge in [0, 0.05) is 12.7 Å². The van der Waals surface area contributed by atoms with Gasteiger partial charge < -0.3 is 18.9 Å². The van der Waals surface area contributed by atoms with Crippen molar-refractivity contribution < 1.29 is 18.9 Å². The zero-order valence-corrected chi connectivity index (χ0v) is 9.16. The lowest BCUT2D eigenvalue weighted by Crippen LogP contribution is -2.26. The molecule has 1 aliphatic heterocycles. The highest BCUT2D eigenvalue weighted by Crippen LogP contribution is 2.41. The molecule has 0 aliphatic carbocycles. The number of hydrogen-bond donors (Lipinski definition) is 1. The molecular weight excluding hydrogens is 189 g/mol. The molecule has 74 valence electrons. The second kappa shape index (κ2) is 4.18. The van der Waals surface area contributed by atoms with Crippen molar-refractivity contribution in [3.63, 3.8) is 0 Å². The molecule has 4 atom stereocenters. The highest BCUT2D eigenvalue weighted by atomic mass is 31.2. The van der Waals surface area contributed by atoms with Crippen molar-refractivity contribution in [3.05, 3.63) is 0 Å². The van der Waals surface area contributed by atoms with Gasteiger partial charge in [0.2, 0.25) is 7.57 Å². The van der Waals surface area contributed by atoms with Gasteiger partial charge in [-0.05, 0) is 6.42 Å². The highest BCUT2D eigenvalue weighted by Gasteiger charge is 2.35. The summed E-state index contributed by atoms with van der Waals surface area (Å²) in [5, 5.41) is 8.96. The van der Waals surface area contributed by atoms with E-state index in [0.717, 1.165) is 0 Å². The van der Waals surface area contributed by atoms with Crippen LogP contribution in [-0.2, 0) is 13.8 Å². The first-order valence-electron chi connectivity index (χ1n) is 4.42. The molecule has 2 unspecified atom stereocenters. The highest BCUT2D eigenvalue weighted by molar-refractivity contribution is 7.82. The standard InChI is InChI=1S/C6H15B2O4P/c1-13(8,10)12-4-2-6(7)11-5(4)3-9/h4-6,9H,2-3,7-8H2,1H3/t4-,5?,6-,13?/m1/s1. The van der Waals surface area contributed by atoms with Crippen LogP contribution >= 0.6 is 7.25 Å². The van der Waals surface area contributed by atoms with Crippen LogP contribution in [0.3, 0.4) is 0 Å². The van der Waals surface area contributed by atoms with E-state index in [1.807, 2.05) is 7.85 Å². The van der Waals surface area contributed by atoms with Crippen LogP contribution in [0.4, 0.5) is 0 Å². The fourth-order valence-electron chi connectivity index (χ4n) is 1.52. The second-order valence-electron chi connectivity index (χ2n) is 3.80. The van der Waals surface area contributed by atoms with Gasteiger partial charge in [-0.2, -0.15) is 0 Å². The Bertz CT molecular complexity index is 219. The van der Waals surface area contributed by atoms with Crippen molar-refractivity contribution in [2.45, 2.75) is 24.6 Å². The molecule has 1 N–H and O–H groups in total. The van der Waals surface area contributed by atoms with E-state index in [-0.39, 0.29) is 24.8 Å². The fourth-order valence-corrected chi connectivity index (χ4v) is 2.39. The first-order valence-corrected chi connectivity index (χ1v) is 6.94. The van der Waals surface area contributed by atoms with E-state index in [2.05, 4.69) is 0 Å². The number of ether oxygens (including phenoxy) is 1. The van der Waals surface area contributed by atoms with Crippen molar-refractivity contribution in [2.24, 2.45) is 0 Å². The lowest BCUT2D eigenvalue weighted by Gasteiger charge is -2.19. The Morgan fingerprint density at radius 1 is 1.77 bits per heavy atom. The van der Waals surface area contributed by atoms with Crippen LogP contribution in [0.15, 0.2) is 0 Å². The monoisotopic (exact) mass is 204 g/mol. The Morgan fingerprint density at radius 2 is 2.38 bits per heavy atom. The van der Waals surface area contributed by atoms with Crippen LogP contribution in [0.5, 0.6) is 0 Å². The van der Waals surface area contributed by atoms with Gasteiger partial charge in [-0.1, -0.05) is 0 Å². The molecule has 0 spiro atoms. The van der Waals surface area contributed by atoms with Gasteiger partial charge in [0.25, 0.3) is 0 Å². The summed E-state index contributed by atoms with van der Waals surface area (Å²) >= 11 is 0. The summed E-state index contributed by atoms with van der Waals surface area (Å²) in [5.41, 5.74) is 0. The quantitative estimate of drug-likeness (QED) is 0.452. The zero-order valence-electron chi connectivity index (χ0n) is 8.27. The zero-order chi connectivity index (χ0) is 10.1. The van der Waals surface area contributed by atoms with Gasteiger partial charge in [-0.15, -0.1) is 0 Å². The van der Waals surface area contributed by atoms with Crippen LogP contribution < -0.4 is 0 Å². The number of hydrogen-bond acceptors (Lipinski definition) is 4. The molecule has 4 nitrogen and oxygen atoms in total. The van der Waals surface area contributed by atoms with Crippen LogP contribution in [0.1, 0.15) is 6.42 Å². The van der Waals surface area contributed by atoms with Crippen molar-refractivity contribution in [2.75, 3.05) is 13.3 Å². The predicted octanol–water partition coefficient (Wildman–Crippen LogP) is -1.43. The number of rotatable bonds is 3. The van der Waals surface area contributed by atoms with Gasteiger partial charge in [0.15, 0.2) is 0 Å². The summed E-state index contributed by atoms with van der Waals surface area (Å²) in [4.78, 5) is 0. The third-order valence-corrected chi connectivity index (χ3v) is 2.73. The molecule has 0 aromatic rings. The molecule has 13 heavy (non-hydrogen) atoms. The van der Waals surface area contributed by atoms with E-state index < -0.39 is 7.25 Å². The van der Waals surface area contributed by atoms with E-state index in [9.17, 15) is 4.57 Å². The molecule has 1 rings (SSSR count). The van der Waals surface area contributed by atoms with Crippen molar-refractivity contribution in [3.8, 4) is 0 Å². The molecule has 0 aromatic carbocycles. The summed E-state index contributed by atoms with van der Waals surface area (Å²) in [6, 6.07) is 0.0775. The van der Waals surface area contributed by atoms with E-state index in [0.29, 0.717) is 6.42 Å². The van der Waals surface area contributed by atoms with Crippen molar-refractivity contribution >= 4 is 22.7 Å². The minimum Gasteiger partial charge on any atom is -0.394 e. The Kier molecular flexibility index (Phi) is 3.64. The first kappa shape index (κ1) is 11.3. The lowest BCUT2D eigenvalue weighted by molar-refractivity contribution is 0.00539. The largest absolute Gasteiger partial charge is 0.394 e. The van der Waals surface area contributed by atoms with Gasteiger partial charge in [0.05, 0.1) is 12.7 Å². The predicted molar refractivity (Wildman–Crippen MR) is 55.9 cm³/mol. The molecule has 0 saturated carbocycles. The van der Waals surface area contributed by atoms with Gasteiger partial charge in [0.1, 0.15) is 21.2 Å².